The molecule has 1 aromatic rings. The highest BCUT2D eigenvalue weighted by Gasteiger charge is 2.26. The number of nitrogens with one attached hydrogen (secondary N) is 1. The molecule has 0 heterocycles. The number of carbonyl (C=O) groups excluding carboxylic acids is 1. The van der Waals surface area contributed by atoms with Gasteiger partial charge in [0.05, 0.1) is 11.0 Å². The third-order valence-corrected chi connectivity index (χ3v) is 2.73. The van der Waals surface area contributed by atoms with Crippen LogP contribution >= 0.6 is 0 Å². The zero-order chi connectivity index (χ0) is 13.8. The fourth-order valence-electron chi connectivity index (χ4n) is 1.34. The second-order valence-corrected chi connectivity index (χ2v) is 4.67. The fourth-order valence-corrected chi connectivity index (χ4v) is 1.34. The molecule has 0 saturated heterocycles. The van der Waals surface area contributed by atoms with Crippen molar-refractivity contribution in [1.82, 2.24) is 5.32 Å². The highest BCUT2D eigenvalue weighted by molar-refractivity contribution is 5.94. The van der Waals surface area contributed by atoms with E-state index in [1.54, 1.807) is 19.9 Å². The Balaban J connectivity index is 2.53. The van der Waals surface area contributed by atoms with Crippen molar-refractivity contribution in [2.24, 2.45) is 5.41 Å². The highest BCUT2D eigenvalue weighted by atomic mass is 19.1. The summed E-state index contributed by atoms with van der Waals surface area (Å²) >= 11 is 0. The van der Waals surface area contributed by atoms with E-state index in [1.165, 1.54) is 18.2 Å². The molecular weight excluding hydrogens is 237 g/mol. The molecule has 0 spiro atoms. The van der Waals surface area contributed by atoms with E-state index in [-0.39, 0.29) is 18.5 Å². The van der Waals surface area contributed by atoms with E-state index >= 15 is 0 Å². The van der Waals surface area contributed by atoms with Gasteiger partial charge in [0.1, 0.15) is 5.82 Å². The largest absolute Gasteiger partial charge is 0.481 e. The van der Waals surface area contributed by atoms with Crippen molar-refractivity contribution in [3.05, 3.63) is 35.6 Å². The Morgan fingerprint density at radius 1 is 1.33 bits per heavy atom. The molecule has 5 heteroatoms. The third-order valence-electron chi connectivity index (χ3n) is 2.73. The summed E-state index contributed by atoms with van der Waals surface area (Å²) in [5, 5.41) is 11.4. The minimum absolute atomic E-state index is 0.0365. The molecule has 0 unspecified atom stereocenters. The van der Waals surface area contributed by atoms with E-state index in [0.717, 1.165) is 0 Å². The first-order valence-corrected chi connectivity index (χ1v) is 5.61. The molecule has 0 aromatic heterocycles. The third kappa shape index (κ3) is 3.55. The minimum atomic E-state index is -0.928. The number of amides is 1. The molecule has 18 heavy (non-hydrogen) atoms. The summed E-state index contributed by atoms with van der Waals surface area (Å²) in [5.41, 5.74) is -0.951. The van der Waals surface area contributed by atoms with Crippen LogP contribution in [0.3, 0.4) is 0 Å². The zero-order valence-electron chi connectivity index (χ0n) is 10.4. The van der Waals surface area contributed by atoms with Crippen molar-refractivity contribution >= 4 is 11.9 Å². The van der Waals surface area contributed by atoms with Crippen LogP contribution in [-0.2, 0) is 4.79 Å². The molecule has 0 bridgehead atoms. The van der Waals surface area contributed by atoms with Crippen LogP contribution in [0.15, 0.2) is 24.3 Å². The summed E-state index contributed by atoms with van der Waals surface area (Å²) in [5.74, 6) is -2.05. The molecule has 0 aliphatic heterocycles. The SMILES string of the molecule is CC(C)(CCNC(=O)c1ccccc1F)C(=O)O. The first-order valence-electron chi connectivity index (χ1n) is 5.61. The van der Waals surface area contributed by atoms with Crippen LogP contribution in [0.4, 0.5) is 4.39 Å². The maximum atomic E-state index is 13.3. The summed E-state index contributed by atoms with van der Waals surface area (Å²) in [4.78, 5) is 22.5. The molecule has 1 aromatic carbocycles. The number of carboxylic acid groups (broad SMARTS) is 1. The summed E-state index contributed by atoms with van der Waals surface area (Å²) in [6.45, 7) is 3.33. The number of rotatable bonds is 5. The van der Waals surface area contributed by atoms with Crippen molar-refractivity contribution in [1.29, 1.82) is 0 Å². The predicted molar refractivity (Wildman–Crippen MR) is 64.8 cm³/mol. The van der Waals surface area contributed by atoms with Crippen LogP contribution in [0.2, 0.25) is 0 Å². The summed E-state index contributed by atoms with van der Waals surface area (Å²) in [7, 11) is 0. The van der Waals surface area contributed by atoms with Gasteiger partial charge in [0.15, 0.2) is 0 Å². The Bertz CT molecular complexity index is 457. The monoisotopic (exact) mass is 253 g/mol. The maximum Gasteiger partial charge on any atom is 0.309 e. The molecule has 2 N–H and O–H groups in total. The number of aliphatic carboxylic acids is 1. The Morgan fingerprint density at radius 3 is 2.50 bits per heavy atom. The number of hydrogen-bond donors (Lipinski definition) is 2. The molecule has 4 nitrogen and oxygen atoms in total. The predicted octanol–water partition coefficient (Wildman–Crippen LogP) is 2.06. The molecular formula is C13H16FNO3. The van der Waals surface area contributed by atoms with Crippen molar-refractivity contribution in [3.63, 3.8) is 0 Å². The summed E-state index contributed by atoms with van der Waals surface area (Å²) in [6, 6.07) is 5.65. The molecule has 98 valence electrons. The highest BCUT2D eigenvalue weighted by Crippen LogP contribution is 2.19. The number of halogens is 1. The van der Waals surface area contributed by atoms with E-state index in [4.69, 9.17) is 5.11 Å². The van der Waals surface area contributed by atoms with E-state index < -0.39 is 23.1 Å². The standard InChI is InChI=1S/C13H16FNO3/c1-13(2,12(17)18)7-8-15-11(16)9-5-3-4-6-10(9)14/h3-6H,7-8H2,1-2H3,(H,15,16)(H,17,18). The van der Waals surface area contributed by atoms with E-state index in [2.05, 4.69) is 5.32 Å². The Morgan fingerprint density at radius 2 is 1.94 bits per heavy atom. The topological polar surface area (TPSA) is 66.4 Å². The number of carboxylic acids is 1. The average Bonchev–Trinajstić information content (AvgIpc) is 2.29. The van der Waals surface area contributed by atoms with Gasteiger partial charge in [0.2, 0.25) is 0 Å². The van der Waals surface area contributed by atoms with Gasteiger partial charge in [-0.3, -0.25) is 9.59 Å². The Labute approximate surface area is 105 Å². The number of benzene rings is 1. The number of hydrogen-bond acceptors (Lipinski definition) is 2. The lowest BCUT2D eigenvalue weighted by Crippen LogP contribution is -2.32. The van der Waals surface area contributed by atoms with Gasteiger partial charge in [0.25, 0.3) is 5.91 Å². The van der Waals surface area contributed by atoms with E-state index in [9.17, 15) is 14.0 Å². The van der Waals surface area contributed by atoms with Gasteiger partial charge in [-0.2, -0.15) is 0 Å². The van der Waals surface area contributed by atoms with Gasteiger partial charge < -0.3 is 10.4 Å². The van der Waals surface area contributed by atoms with Gasteiger partial charge in [-0.25, -0.2) is 4.39 Å². The zero-order valence-corrected chi connectivity index (χ0v) is 10.4. The molecule has 1 rings (SSSR count). The van der Waals surface area contributed by atoms with Crippen LogP contribution in [0.25, 0.3) is 0 Å². The minimum Gasteiger partial charge on any atom is -0.481 e. The quantitative estimate of drug-likeness (QED) is 0.844. The first kappa shape index (κ1) is 14.2. The van der Waals surface area contributed by atoms with Gasteiger partial charge >= 0.3 is 5.97 Å². The van der Waals surface area contributed by atoms with Crippen molar-refractivity contribution < 1.29 is 19.1 Å². The Kier molecular flexibility index (Phi) is 4.42. The normalized spacial score (nSPS) is 11.1. The van der Waals surface area contributed by atoms with Gasteiger partial charge in [0, 0.05) is 6.54 Å². The molecule has 0 saturated carbocycles. The Hall–Kier alpha value is -1.91. The lowest BCUT2D eigenvalue weighted by Gasteiger charge is -2.18. The lowest BCUT2D eigenvalue weighted by atomic mass is 9.90. The van der Waals surface area contributed by atoms with Gasteiger partial charge in [-0.1, -0.05) is 12.1 Å². The molecule has 1 amide bonds. The van der Waals surface area contributed by atoms with Crippen molar-refractivity contribution in [2.75, 3.05) is 6.54 Å². The molecule has 0 atom stereocenters. The molecule has 0 aliphatic carbocycles. The van der Waals surface area contributed by atoms with Crippen LogP contribution in [0.1, 0.15) is 30.6 Å². The smallest absolute Gasteiger partial charge is 0.309 e. The molecule has 0 fully saturated rings. The van der Waals surface area contributed by atoms with Crippen LogP contribution in [0, 0.1) is 11.2 Å². The first-order chi connectivity index (χ1) is 8.34. The average molecular weight is 253 g/mol. The van der Waals surface area contributed by atoms with Crippen molar-refractivity contribution in [2.45, 2.75) is 20.3 Å². The molecule has 0 aliphatic rings. The lowest BCUT2D eigenvalue weighted by molar-refractivity contribution is -0.147. The van der Waals surface area contributed by atoms with Crippen LogP contribution < -0.4 is 5.32 Å². The van der Waals surface area contributed by atoms with Gasteiger partial charge in [-0.15, -0.1) is 0 Å². The second kappa shape index (κ2) is 5.62. The second-order valence-electron chi connectivity index (χ2n) is 4.67. The van der Waals surface area contributed by atoms with Crippen molar-refractivity contribution in [3.8, 4) is 0 Å². The summed E-state index contributed by atoms with van der Waals surface area (Å²) < 4.78 is 13.3. The van der Waals surface area contributed by atoms with Crippen LogP contribution in [0.5, 0.6) is 0 Å². The fraction of sp³-hybridized carbons (Fsp3) is 0.385. The summed E-state index contributed by atoms with van der Waals surface area (Å²) in [6.07, 6.45) is 0.280. The van der Waals surface area contributed by atoms with E-state index in [0.29, 0.717) is 0 Å². The van der Waals surface area contributed by atoms with E-state index in [1.807, 2.05) is 0 Å². The molecule has 0 radical (unpaired) electrons. The van der Waals surface area contributed by atoms with Gasteiger partial charge in [-0.05, 0) is 32.4 Å². The number of carbonyl (C=O) groups is 2. The maximum absolute atomic E-state index is 13.3. The van der Waals surface area contributed by atoms with Crippen LogP contribution in [-0.4, -0.2) is 23.5 Å².